The fourth-order valence-electron chi connectivity index (χ4n) is 6.82. The van der Waals surface area contributed by atoms with E-state index in [2.05, 4.69) is 33.6 Å². The van der Waals surface area contributed by atoms with Crippen LogP contribution in [0.1, 0.15) is 67.3 Å². The Morgan fingerprint density at radius 1 is 0.818 bits per heavy atom. The van der Waals surface area contributed by atoms with Crippen molar-refractivity contribution in [3.8, 4) is 0 Å². The minimum absolute atomic E-state index is 0.0109. The van der Waals surface area contributed by atoms with E-state index in [0.29, 0.717) is 6.04 Å². The molecule has 5 atom stereocenters. The van der Waals surface area contributed by atoms with E-state index in [-0.39, 0.29) is 36.2 Å². The molecule has 3 fully saturated rings. The Bertz CT molecular complexity index is 1450. The van der Waals surface area contributed by atoms with Crippen LogP contribution in [-0.4, -0.2) is 68.2 Å². The van der Waals surface area contributed by atoms with Crippen molar-refractivity contribution in [1.82, 2.24) is 14.5 Å². The number of hydrogen-bond donors (Lipinski definition) is 2. The number of sulfonamides is 1. The van der Waals surface area contributed by atoms with Gasteiger partial charge in [-0.25, -0.2) is 13.1 Å². The fourth-order valence-corrected chi connectivity index (χ4v) is 7.86. The van der Waals surface area contributed by atoms with Crippen molar-refractivity contribution in [2.24, 2.45) is 5.92 Å². The van der Waals surface area contributed by atoms with Gasteiger partial charge in [0, 0.05) is 37.2 Å². The number of nitrogens with zero attached hydrogens (tertiary/aromatic N) is 2. The topological polar surface area (TPSA) is 91.3 Å². The zero-order chi connectivity index (χ0) is 30.5. The van der Waals surface area contributed by atoms with Gasteiger partial charge in [-0.3, -0.25) is 4.90 Å². The van der Waals surface area contributed by atoms with E-state index in [4.69, 9.17) is 9.47 Å². The molecule has 236 valence electrons. The second kappa shape index (κ2) is 14.2. The summed E-state index contributed by atoms with van der Waals surface area (Å²) in [4.78, 5) is 5.50. The van der Waals surface area contributed by atoms with Crippen LogP contribution in [0, 0.1) is 5.92 Å². The van der Waals surface area contributed by atoms with Gasteiger partial charge in [0.15, 0.2) is 6.29 Å². The van der Waals surface area contributed by atoms with Gasteiger partial charge in [0.05, 0.1) is 23.7 Å². The zero-order valence-electron chi connectivity index (χ0n) is 25.6. The number of benzene rings is 3. The summed E-state index contributed by atoms with van der Waals surface area (Å²) in [6, 6.07) is 24.8. The van der Waals surface area contributed by atoms with Gasteiger partial charge in [0.25, 0.3) is 0 Å². The molecule has 0 aliphatic carbocycles. The van der Waals surface area contributed by atoms with Crippen molar-refractivity contribution in [2.45, 2.75) is 75.2 Å². The number of aliphatic hydroxyl groups excluding tert-OH is 1. The molecule has 0 spiro atoms. The first-order valence-corrected chi connectivity index (χ1v) is 17.5. The van der Waals surface area contributed by atoms with Crippen molar-refractivity contribution < 1.29 is 23.0 Å². The molecule has 0 saturated carbocycles. The number of aliphatic hydroxyl groups is 1. The molecule has 0 bridgehead atoms. The van der Waals surface area contributed by atoms with Crippen LogP contribution < -0.4 is 4.72 Å². The Morgan fingerprint density at radius 3 is 2.20 bits per heavy atom. The molecule has 3 aromatic carbocycles. The minimum atomic E-state index is -3.59. The summed E-state index contributed by atoms with van der Waals surface area (Å²) in [5, 5.41) is 9.57. The average molecular weight is 620 g/mol. The van der Waals surface area contributed by atoms with Crippen molar-refractivity contribution >= 4 is 10.0 Å². The summed E-state index contributed by atoms with van der Waals surface area (Å²) < 4.78 is 41.5. The molecule has 0 unspecified atom stereocenters. The first-order valence-electron chi connectivity index (χ1n) is 16.0. The SMILES string of the molecule is C[C@H]1[C@@H](CN2CCC[C@H]2CN2CCCC2)O[C@@H](c2ccc(CNS(=O)(=O)c3ccccc3)cc2)O[C@H]1c1ccc(CO)cc1. The zero-order valence-corrected chi connectivity index (χ0v) is 26.4. The molecule has 8 nitrogen and oxygen atoms in total. The monoisotopic (exact) mass is 619 g/mol. The third-order valence-electron chi connectivity index (χ3n) is 9.48. The second-order valence-corrected chi connectivity index (χ2v) is 14.3. The molecule has 2 N–H and O–H groups in total. The number of hydrogen-bond acceptors (Lipinski definition) is 7. The lowest BCUT2D eigenvalue weighted by atomic mass is 9.90. The molecule has 3 aromatic rings. The van der Waals surface area contributed by atoms with Crippen LogP contribution in [0.15, 0.2) is 83.8 Å². The summed E-state index contributed by atoms with van der Waals surface area (Å²) in [7, 11) is -3.59. The molecule has 0 amide bonds. The maximum atomic E-state index is 12.7. The Hall–Kier alpha value is -2.63. The van der Waals surface area contributed by atoms with Crippen molar-refractivity contribution in [2.75, 3.05) is 32.7 Å². The average Bonchev–Trinajstić information content (AvgIpc) is 3.74. The van der Waals surface area contributed by atoms with Gasteiger partial charge >= 0.3 is 0 Å². The van der Waals surface area contributed by atoms with Gasteiger partial charge in [-0.15, -0.1) is 0 Å². The Labute approximate surface area is 262 Å². The van der Waals surface area contributed by atoms with E-state index in [1.165, 1.54) is 38.8 Å². The standard InChI is InChI=1S/C35H45N3O5S/c1-26-33(24-38-21-7-8-31(38)23-37-19-5-6-20-37)42-35(43-34(26)29-15-13-28(25-39)14-16-29)30-17-11-27(12-18-30)22-36-44(40,41)32-9-3-2-4-10-32/h2-4,9-18,26,31,33-36,39H,5-8,19-25H2,1H3/t26-,31-,33+,34+,35+/m0/s1. The highest BCUT2D eigenvalue weighted by atomic mass is 32.2. The predicted molar refractivity (Wildman–Crippen MR) is 170 cm³/mol. The molecule has 3 heterocycles. The number of ether oxygens (including phenoxy) is 2. The maximum absolute atomic E-state index is 12.7. The predicted octanol–water partition coefficient (Wildman–Crippen LogP) is 5.01. The first kappa shape index (κ1) is 31.4. The number of nitrogens with one attached hydrogen (secondary N) is 1. The molecule has 0 radical (unpaired) electrons. The largest absolute Gasteiger partial charge is 0.392 e. The second-order valence-electron chi connectivity index (χ2n) is 12.5. The molecule has 9 heteroatoms. The van der Waals surface area contributed by atoms with Crippen LogP contribution >= 0.6 is 0 Å². The quantitative estimate of drug-likeness (QED) is 0.312. The summed E-state index contributed by atoms with van der Waals surface area (Å²) in [6.07, 6.45) is 4.34. The summed E-state index contributed by atoms with van der Waals surface area (Å²) >= 11 is 0. The van der Waals surface area contributed by atoms with Gasteiger partial charge in [-0.2, -0.15) is 0 Å². The van der Waals surface area contributed by atoms with E-state index in [0.717, 1.165) is 41.9 Å². The highest BCUT2D eigenvalue weighted by Crippen LogP contribution is 2.42. The molecule has 3 aliphatic rings. The maximum Gasteiger partial charge on any atom is 0.240 e. The molecular weight excluding hydrogens is 574 g/mol. The third kappa shape index (κ3) is 7.42. The van der Waals surface area contributed by atoms with Crippen LogP contribution in [0.4, 0.5) is 0 Å². The van der Waals surface area contributed by atoms with E-state index in [9.17, 15) is 13.5 Å². The summed E-state index contributed by atoms with van der Waals surface area (Å²) in [6.45, 7) is 7.96. The van der Waals surface area contributed by atoms with Crippen LogP contribution in [0.25, 0.3) is 0 Å². The van der Waals surface area contributed by atoms with Crippen LogP contribution in [0.2, 0.25) is 0 Å². The molecule has 44 heavy (non-hydrogen) atoms. The molecule has 6 rings (SSSR count). The lowest BCUT2D eigenvalue weighted by Gasteiger charge is -2.43. The van der Waals surface area contributed by atoms with E-state index in [1.807, 2.05) is 36.4 Å². The Morgan fingerprint density at radius 2 is 1.50 bits per heavy atom. The highest BCUT2D eigenvalue weighted by Gasteiger charge is 2.40. The van der Waals surface area contributed by atoms with Crippen molar-refractivity contribution in [1.29, 1.82) is 0 Å². The van der Waals surface area contributed by atoms with Gasteiger partial charge in [0.2, 0.25) is 10.0 Å². The minimum Gasteiger partial charge on any atom is -0.392 e. The van der Waals surface area contributed by atoms with Gasteiger partial charge in [-0.05, 0) is 74.1 Å². The number of likely N-dealkylation sites (tertiary alicyclic amines) is 2. The summed E-state index contributed by atoms with van der Waals surface area (Å²) in [5.41, 5.74) is 3.72. The van der Waals surface area contributed by atoms with Crippen LogP contribution in [0.3, 0.4) is 0 Å². The highest BCUT2D eigenvalue weighted by molar-refractivity contribution is 7.89. The van der Waals surface area contributed by atoms with Crippen LogP contribution in [0.5, 0.6) is 0 Å². The van der Waals surface area contributed by atoms with E-state index >= 15 is 0 Å². The Kier molecular flexibility index (Phi) is 10.1. The summed E-state index contributed by atoms with van der Waals surface area (Å²) in [5.74, 6) is 0.130. The van der Waals surface area contributed by atoms with E-state index < -0.39 is 16.3 Å². The van der Waals surface area contributed by atoms with Gasteiger partial charge < -0.3 is 19.5 Å². The van der Waals surface area contributed by atoms with Gasteiger partial charge in [0.1, 0.15) is 0 Å². The number of rotatable bonds is 11. The molecular formula is C35H45N3O5S. The Balaban J connectivity index is 1.17. The molecule has 3 aliphatic heterocycles. The smallest absolute Gasteiger partial charge is 0.240 e. The first-order chi connectivity index (χ1) is 21.4. The fraction of sp³-hybridized carbons (Fsp3) is 0.486. The lowest BCUT2D eigenvalue weighted by molar-refractivity contribution is -0.276. The van der Waals surface area contributed by atoms with Crippen molar-refractivity contribution in [3.05, 3.63) is 101 Å². The van der Waals surface area contributed by atoms with Crippen LogP contribution in [-0.2, 0) is 32.6 Å². The van der Waals surface area contributed by atoms with Crippen molar-refractivity contribution in [3.63, 3.8) is 0 Å². The van der Waals surface area contributed by atoms with Gasteiger partial charge in [-0.1, -0.05) is 73.7 Å². The molecule has 3 saturated heterocycles. The van der Waals surface area contributed by atoms with E-state index in [1.54, 1.807) is 30.3 Å². The third-order valence-corrected chi connectivity index (χ3v) is 10.9. The molecule has 0 aromatic heterocycles. The normalized spacial score (nSPS) is 26.7. The lowest BCUT2D eigenvalue weighted by Crippen LogP contribution is -2.48.